The van der Waals surface area contributed by atoms with Crippen molar-refractivity contribution in [3.8, 4) is 0 Å². The summed E-state index contributed by atoms with van der Waals surface area (Å²) in [7, 11) is 0. The fourth-order valence-electron chi connectivity index (χ4n) is 2.23. The highest BCUT2D eigenvalue weighted by molar-refractivity contribution is 6.31. The molecule has 0 fully saturated rings. The molecule has 106 valence electrons. The zero-order valence-electron chi connectivity index (χ0n) is 11.0. The highest BCUT2D eigenvalue weighted by Gasteiger charge is 2.07. The van der Waals surface area contributed by atoms with E-state index in [0.717, 1.165) is 16.5 Å². The number of non-ortho nitro benzene ring substituents is 1. The van der Waals surface area contributed by atoms with Gasteiger partial charge in [-0.25, -0.2) is 0 Å². The first-order valence-electron chi connectivity index (χ1n) is 6.37. The zero-order valence-corrected chi connectivity index (χ0v) is 11.7. The molecule has 3 aromatic rings. The molecule has 2 N–H and O–H groups in total. The van der Waals surface area contributed by atoms with Crippen LogP contribution in [0.2, 0.25) is 5.02 Å². The number of hydrogen-bond donors (Lipinski definition) is 2. The minimum absolute atomic E-state index is 0.0747. The van der Waals surface area contributed by atoms with E-state index in [2.05, 4.69) is 10.3 Å². The van der Waals surface area contributed by atoms with Crippen LogP contribution in [-0.4, -0.2) is 9.91 Å². The van der Waals surface area contributed by atoms with Crippen molar-refractivity contribution in [2.75, 3.05) is 5.32 Å². The van der Waals surface area contributed by atoms with Gasteiger partial charge in [-0.1, -0.05) is 23.7 Å². The number of aromatic nitrogens is 1. The van der Waals surface area contributed by atoms with E-state index >= 15 is 0 Å². The predicted molar refractivity (Wildman–Crippen MR) is 83.7 cm³/mol. The van der Waals surface area contributed by atoms with Gasteiger partial charge >= 0.3 is 0 Å². The summed E-state index contributed by atoms with van der Waals surface area (Å²) < 4.78 is 0. The predicted octanol–water partition coefficient (Wildman–Crippen LogP) is 4.34. The van der Waals surface area contributed by atoms with Crippen molar-refractivity contribution in [1.82, 2.24) is 4.98 Å². The molecule has 0 spiro atoms. The van der Waals surface area contributed by atoms with Gasteiger partial charge in [-0.2, -0.15) is 0 Å². The van der Waals surface area contributed by atoms with Gasteiger partial charge in [0.25, 0.3) is 5.69 Å². The van der Waals surface area contributed by atoms with Crippen molar-refractivity contribution < 1.29 is 4.92 Å². The maximum absolute atomic E-state index is 10.8. The fraction of sp³-hybridized carbons (Fsp3) is 0.0667. The van der Waals surface area contributed by atoms with Crippen LogP contribution in [0.25, 0.3) is 10.9 Å². The van der Waals surface area contributed by atoms with E-state index in [0.29, 0.717) is 17.3 Å². The molecule has 1 aromatic heterocycles. The lowest BCUT2D eigenvalue weighted by atomic mass is 10.1. The van der Waals surface area contributed by atoms with Gasteiger partial charge in [-0.3, -0.25) is 10.1 Å². The Morgan fingerprint density at radius 2 is 2.10 bits per heavy atom. The molecule has 1 heterocycles. The molecule has 5 nitrogen and oxygen atoms in total. The first kappa shape index (κ1) is 13.5. The Hall–Kier alpha value is -2.53. The zero-order chi connectivity index (χ0) is 14.8. The fourth-order valence-corrected chi connectivity index (χ4v) is 2.40. The highest BCUT2D eigenvalue weighted by atomic mass is 35.5. The average Bonchev–Trinajstić information content (AvgIpc) is 2.87. The van der Waals surface area contributed by atoms with Crippen molar-refractivity contribution in [2.24, 2.45) is 0 Å². The largest absolute Gasteiger partial charge is 0.381 e. The van der Waals surface area contributed by atoms with E-state index in [9.17, 15) is 10.1 Å². The van der Waals surface area contributed by atoms with Crippen LogP contribution in [0.1, 0.15) is 5.56 Å². The monoisotopic (exact) mass is 301 g/mol. The summed E-state index contributed by atoms with van der Waals surface area (Å²) in [6.07, 6.45) is 1.91. The quantitative estimate of drug-likeness (QED) is 0.556. The second-order valence-electron chi connectivity index (χ2n) is 4.66. The van der Waals surface area contributed by atoms with Gasteiger partial charge in [-0.05, 0) is 23.8 Å². The van der Waals surface area contributed by atoms with Gasteiger partial charge in [-0.15, -0.1) is 0 Å². The van der Waals surface area contributed by atoms with Gasteiger partial charge in [0.1, 0.15) is 0 Å². The maximum atomic E-state index is 10.8. The molecule has 3 rings (SSSR count). The number of anilines is 1. The van der Waals surface area contributed by atoms with Gasteiger partial charge < -0.3 is 10.3 Å². The summed E-state index contributed by atoms with van der Waals surface area (Å²) in [5.41, 5.74) is 2.84. The molecule has 6 heteroatoms. The number of halogens is 1. The van der Waals surface area contributed by atoms with Crippen LogP contribution in [0.3, 0.4) is 0 Å². The number of rotatable bonds is 4. The lowest BCUT2D eigenvalue weighted by molar-refractivity contribution is -0.384. The normalized spacial score (nSPS) is 10.7. The third-order valence-electron chi connectivity index (χ3n) is 3.27. The van der Waals surface area contributed by atoms with Crippen LogP contribution in [0.15, 0.2) is 48.7 Å². The first-order chi connectivity index (χ1) is 10.1. The number of benzene rings is 2. The Morgan fingerprint density at radius 3 is 2.90 bits per heavy atom. The number of nitrogens with one attached hydrogen (secondary N) is 2. The summed E-state index contributed by atoms with van der Waals surface area (Å²) in [5, 5.41) is 15.7. The van der Waals surface area contributed by atoms with Crippen molar-refractivity contribution in [2.45, 2.75) is 6.54 Å². The second-order valence-corrected chi connectivity index (χ2v) is 5.10. The molecular weight excluding hydrogens is 290 g/mol. The van der Waals surface area contributed by atoms with Gasteiger partial charge in [0, 0.05) is 46.5 Å². The highest BCUT2D eigenvalue weighted by Crippen LogP contribution is 2.23. The topological polar surface area (TPSA) is 71.0 Å². The van der Waals surface area contributed by atoms with E-state index in [1.807, 2.05) is 24.4 Å². The molecule has 21 heavy (non-hydrogen) atoms. The maximum Gasteiger partial charge on any atom is 0.271 e. The van der Waals surface area contributed by atoms with Crippen LogP contribution in [0.4, 0.5) is 11.4 Å². The van der Waals surface area contributed by atoms with Crippen LogP contribution >= 0.6 is 11.6 Å². The molecule has 0 aliphatic heterocycles. The molecule has 0 atom stereocenters. The molecular formula is C15H12ClN3O2. The molecule has 0 aliphatic carbocycles. The standard InChI is InChI=1S/C15H12ClN3O2/c16-11-4-5-14-10(9-18-15(14)6-11)8-17-12-2-1-3-13(7-12)19(20)21/h1-7,9,17-18H,8H2. The third-order valence-corrected chi connectivity index (χ3v) is 3.50. The summed E-state index contributed by atoms with van der Waals surface area (Å²) >= 11 is 5.95. The van der Waals surface area contributed by atoms with Gasteiger partial charge in [0.15, 0.2) is 0 Å². The van der Waals surface area contributed by atoms with Crippen LogP contribution in [0.5, 0.6) is 0 Å². The summed E-state index contributed by atoms with van der Waals surface area (Å²) in [6, 6.07) is 12.1. The van der Waals surface area contributed by atoms with Crippen molar-refractivity contribution >= 4 is 33.9 Å². The van der Waals surface area contributed by atoms with Gasteiger partial charge in [0.2, 0.25) is 0 Å². The molecule has 0 bridgehead atoms. The SMILES string of the molecule is O=[N+]([O-])c1cccc(NCc2c[nH]c3cc(Cl)ccc23)c1. The number of nitro groups is 1. The van der Waals surface area contributed by atoms with Crippen molar-refractivity contribution in [1.29, 1.82) is 0 Å². The molecule has 0 radical (unpaired) electrons. The van der Waals surface area contributed by atoms with Crippen LogP contribution in [-0.2, 0) is 6.54 Å². The summed E-state index contributed by atoms with van der Waals surface area (Å²) in [6.45, 7) is 0.572. The van der Waals surface area contributed by atoms with Crippen molar-refractivity contribution in [3.63, 3.8) is 0 Å². The Balaban J connectivity index is 1.80. The minimum atomic E-state index is -0.404. The van der Waals surface area contributed by atoms with E-state index in [1.165, 1.54) is 12.1 Å². The average molecular weight is 302 g/mol. The van der Waals surface area contributed by atoms with Gasteiger partial charge in [0.05, 0.1) is 4.92 Å². The molecule has 0 unspecified atom stereocenters. The Kier molecular flexibility index (Phi) is 3.50. The minimum Gasteiger partial charge on any atom is -0.381 e. The molecule has 0 aliphatic rings. The number of fused-ring (bicyclic) bond motifs is 1. The summed E-state index contributed by atoms with van der Waals surface area (Å²) in [4.78, 5) is 13.5. The molecule has 0 saturated carbocycles. The molecule has 0 amide bonds. The van der Waals surface area contributed by atoms with E-state index in [4.69, 9.17) is 11.6 Å². The second kappa shape index (κ2) is 5.46. The number of hydrogen-bond acceptors (Lipinski definition) is 3. The number of H-pyrrole nitrogens is 1. The molecule has 0 saturated heterocycles. The van der Waals surface area contributed by atoms with E-state index in [1.54, 1.807) is 12.1 Å². The smallest absolute Gasteiger partial charge is 0.271 e. The first-order valence-corrected chi connectivity index (χ1v) is 6.75. The van der Waals surface area contributed by atoms with Crippen LogP contribution < -0.4 is 5.32 Å². The lowest BCUT2D eigenvalue weighted by Crippen LogP contribution is -1.99. The third kappa shape index (κ3) is 2.83. The summed E-state index contributed by atoms with van der Waals surface area (Å²) in [5.74, 6) is 0. The number of aromatic amines is 1. The molecule has 2 aromatic carbocycles. The van der Waals surface area contributed by atoms with Crippen molar-refractivity contribution in [3.05, 3.63) is 69.4 Å². The Labute approximate surface area is 125 Å². The van der Waals surface area contributed by atoms with E-state index in [-0.39, 0.29) is 5.69 Å². The lowest BCUT2D eigenvalue weighted by Gasteiger charge is -2.05. The van der Waals surface area contributed by atoms with Crippen LogP contribution in [0, 0.1) is 10.1 Å². The Morgan fingerprint density at radius 1 is 1.24 bits per heavy atom. The number of nitrogens with zero attached hydrogens (tertiary/aromatic N) is 1. The number of nitro benzene ring substituents is 1. The Bertz CT molecular complexity index is 814. The van der Waals surface area contributed by atoms with E-state index < -0.39 is 4.92 Å².